The number of benzene rings is 2. The van der Waals surface area contributed by atoms with Gasteiger partial charge < -0.3 is 10.1 Å². The van der Waals surface area contributed by atoms with Gasteiger partial charge in [0.25, 0.3) is 0 Å². The standard InChI is InChI=1S/C21H16BrNO3/c1-11-16(21(25)26-2)17(14-9-5-6-10-15(14)22)18-19(23-11)12-7-3-4-8-13(12)20(18)24/h3-10,17,23H,1-2H3. The van der Waals surface area contributed by atoms with Crippen molar-refractivity contribution in [3.05, 3.63) is 86.5 Å². The van der Waals surface area contributed by atoms with E-state index in [0.29, 0.717) is 22.4 Å². The number of fused-ring (bicyclic) bond motifs is 2. The lowest BCUT2D eigenvalue weighted by atomic mass is 9.80. The van der Waals surface area contributed by atoms with E-state index in [2.05, 4.69) is 21.2 Å². The molecule has 1 atom stereocenters. The third-order valence-corrected chi connectivity index (χ3v) is 5.59. The predicted molar refractivity (Wildman–Crippen MR) is 102 cm³/mol. The number of methoxy groups -OCH3 is 1. The van der Waals surface area contributed by atoms with Gasteiger partial charge >= 0.3 is 5.97 Å². The highest BCUT2D eigenvalue weighted by atomic mass is 79.9. The molecule has 0 spiro atoms. The molecule has 5 heteroatoms. The van der Waals surface area contributed by atoms with Gasteiger partial charge in [-0.05, 0) is 18.6 Å². The molecule has 1 aliphatic heterocycles. The van der Waals surface area contributed by atoms with Crippen molar-refractivity contribution < 1.29 is 14.3 Å². The summed E-state index contributed by atoms with van der Waals surface area (Å²) in [6.07, 6.45) is 0. The lowest BCUT2D eigenvalue weighted by Gasteiger charge is -2.29. The van der Waals surface area contributed by atoms with Gasteiger partial charge in [-0.2, -0.15) is 0 Å². The maximum absolute atomic E-state index is 13.2. The minimum Gasteiger partial charge on any atom is -0.466 e. The van der Waals surface area contributed by atoms with Gasteiger partial charge in [0.05, 0.1) is 18.4 Å². The van der Waals surface area contributed by atoms with Gasteiger partial charge in [-0.3, -0.25) is 4.79 Å². The summed E-state index contributed by atoms with van der Waals surface area (Å²) in [6, 6.07) is 15.2. The summed E-state index contributed by atoms with van der Waals surface area (Å²) in [4.78, 5) is 25.8. The van der Waals surface area contributed by atoms with Crippen LogP contribution in [-0.4, -0.2) is 18.9 Å². The third kappa shape index (κ3) is 2.35. The second kappa shape index (κ2) is 6.25. The van der Waals surface area contributed by atoms with Gasteiger partial charge in [0, 0.05) is 32.8 Å². The lowest BCUT2D eigenvalue weighted by Crippen LogP contribution is -2.29. The molecule has 4 rings (SSSR count). The predicted octanol–water partition coefficient (Wildman–Crippen LogP) is 4.19. The fraction of sp³-hybridized carbons (Fsp3) is 0.143. The van der Waals surface area contributed by atoms with Gasteiger partial charge in [0.2, 0.25) is 0 Å². The van der Waals surface area contributed by atoms with Crippen LogP contribution in [0.3, 0.4) is 0 Å². The van der Waals surface area contributed by atoms with Crippen molar-refractivity contribution in [1.82, 2.24) is 5.32 Å². The number of halogens is 1. The van der Waals surface area contributed by atoms with Crippen molar-refractivity contribution >= 4 is 33.4 Å². The Kier molecular flexibility index (Phi) is 4.04. The van der Waals surface area contributed by atoms with Crippen LogP contribution in [0.5, 0.6) is 0 Å². The summed E-state index contributed by atoms with van der Waals surface area (Å²) < 4.78 is 5.87. The van der Waals surface area contributed by atoms with Gasteiger partial charge in [-0.25, -0.2) is 4.79 Å². The van der Waals surface area contributed by atoms with Gasteiger partial charge in [-0.1, -0.05) is 58.4 Å². The molecule has 1 N–H and O–H groups in total. The molecule has 2 aliphatic rings. The smallest absolute Gasteiger partial charge is 0.336 e. The average Bonchev–Trinajstić information content (AvgIpc) is 2.93. The van der Waals surface area contributed by atoms with Crippen LogP contribution in [0.15, 0.2) is 69.8 Å². The summed E-state index contributed by atoms with van der Waals surface area (Å²) in [5.74, 6) is -0.988. The molecule has 0 bridgehead atoms. The molecular formula is C21H16BrNO3. The normalized spacial score (nSPS) is 18.4. The Morgan fingerprint density at radius 1 is 1.08 bits per heavy atom. The summed E-state index contributed by atoms with van der Waals surface area (Å²) in [5.41, 5.74) is 4.90. The van der Waals surface area contributed by atoms with E-state index in [1.807, 2.05) is 55.5 Å². The number of nitrogens with one attached hydrogen (secondary N) is 1. The van der Waals surface area contributed by atoms with Crippen molar-refractivity contribution in [3.8, 4) is 0 Å². The quantitative estimate of drug-likeness (QED) is 0.755. The molecule has 0 radical (unpaired) electrons. The summed E-state index contributed by atoms with van der Waals surface area (Å²) >= 11 is 3.57. The number of ketones is 1. The van der Waals surface area contributed by atoms with E-state index in [1.165, 1.54) is 7.11 Å². The highest BCUT2D eigenvalue weighted by Gasteiger charge is 2.43. The Morgan fingerprint density at radius 3 is 2.42 bits per heavy atom. The highest BCUT2D eigenvalue weighted by molar-refractivity contribution is 9.10. The monoisotopic (exact) mass is 409 g/mol. The number of hydrogen-bond acceptors (Lipinski definition) is 4. The summed E-state index contributed by atoms with van der Waals surface area (Å²) in [5, 5.41) is 3.27. The second-order valence-electron chi connectivity index (χ2n) is 6.27. The summed E-state index contributed by atoms with van der Waals surface area (Å²) in [6.45, 7) is 1.84. The Hall–Kier alpha value is -2.66. The van der Waals surface area contributed by atoms with Crippen molar-refractivity contribution in [2.75, 3.05) is 7.11 Å². The molecule has 1 aliphatic carbocycles. The first-order chi connectivity index (χ1) is 12.5. The number of esters is 1. The molecule has 2 aromatic rings. The van der Waals surface area contributed by atoms with Crippen LogP contribution in [-0.2, 0) is 9.53 Å². The molecule has 26 heavy (non-hydrogen) atoms. The van der Waals surface area contributed by atoms with E-state index in [4.69, 9.17) is 4.74 Å². The van der Waals surface area contributed by atoms with E-state index in [1.54, 1.807) is 0 Å². The summed E-state index contributed by atoms with van der Waals surface area (Å²) in [7, 11) is 1.36. The Balaban J connectivity index is 1.99. The first-order valence-electron chi connectivity index (χ1n) is 8.23. The molecule has 1 heterocycles. The molecule has 4 nitrogen and oxygen atoms in total. The van der Waals surface area contributed by atoms with Gasteiger partial charge in [-0.15, -0.1) is 0 Å². The number of hydrogen-bond donors (Lipinski definition) is 1. The minimum atomic E-state index is -0.492. The maximum Gasteiger partial charge on any atom is 0.336 e. The molecule has 1 unspecified atom stereocenters. The minimum absolute atomic E-state index is 0.0576. The molecule has 0 saturated heterocycles. The first kappa shape index (κ1) is 16.8. The highest BCUT2D eigenvalue weighted by Crippen LogP contribution is 2.47. The second-order valence-corrected chi connectivity index (χ2v) is 7.13. The van der Waals surface area contributed by atoms with Gasteiger partial charge in [0.15, 0.2) is 5.78 Å². The van der Waals surface area contributed by atoms with E-state index < -0.39 is 11.9 Å². The fourth-order valence-electron chi connectivity index (χ4n) is 3.73. The number of allylic oxidation sites excluding steroid dienone is 2. The van der Waals surface area contributed by atoms with Crippen LogP contribution in [0.25, 0.3) is 5.70 Å². The number of Topliss-reactive ketones (excluding diaryl/α,β-unsaturated/α-hetero) is 1. The van der Waals surface area contributed by atoms with Crippen LogP contribution in [0.4, 0.5) is 0 Å². The van der Waals surface area contributed by atoms with E-state index >= 15 is 0 Å². The van der Waals surface area contributed by atoms with E-state index in [-0.39, 0.29) is 5.78 Å². The van der Waals surface area contributed by atoms with Crippen LogP contribution in [0.2, 0.25) is 0 Å². The lowest BCUT2D eigenvalue weighted by molar-refractivity contribution is -0.136. The first-order valence-corrected chi connectivity index (χ1v) is 9.02. The van der Waals surface area contributed by atoms with Crippen LogP contribution < -0.4 is 5.32 Å². The zero-order valence-corrected chi connectivity index (χ0v) is 15.9. The number of ether oxygens (including phenoxy) is 1. The number of dihydropyridines is 1. The van der Waals surface area contributed by atoms with Gasteiger partial charge in [0.1, 0.15) is 0 Å². The molecule has 0 saturated carbocycles. The maximum atomic E-state index is 13.2. The topological polar surface area (TPSA) is 55.4 Å². The number of carbonyl (C=O) groups excluding carboxylic acids is 2. The molecule has 0 amide bonds. The third-order valence-electron chi connectivity index (χ3n) is 4.87. The van der Waals surface area contributed by atoms with Crippen LogP contribution in [0, 0.1) is 0 Å². The Labute approximate surface area is 159 Å². The van der Waals surface area contributed by atoms with Crippen molar-refractivity contribution in [3.63, 3.8) is 0 Å². The Morgan fingerprint density at radius 2 is 1.73 bits per heavy atom. The average molecular weight is 410 g/mol. The number of rotatable bonds is 2. The van der Waals surface area contributed by atoms with Crippen molar-refractivity contribution in [2.45, 2.75) is 12.8 Å². The SMILES string of the molecule is COC(=O)C1=C(C)NC2=C(C(=O)c3ccccc32)C1c1ccccc1Br. The number of carbonyl (C=O) groups is 2. The molecule has 2 aromatic carbocycles. The van der Waals surface area contributed by atoms with Crippen LogP contribution in [0.1, 0.15) is 34.3 Å². The van der Waals surface area contributed by atoms with Crippen molar-refractivity contribution in [1.29, 1.82) is 0 Å². The zero-order chi connectivity index (χ0) is 18.4. The van der Waals surface area contributed by atoms with Crippen molar-refractivity contribution in [2.24, 2.45) is 0 Å². The zero-order valence-electron chi connectivity index (χ0n) is 14.3. The molecule has 130 valence electrons. The molecule has 0 aromatic heterocycles. The molecule has 0 fully saturated rings. The van der Waals surface area contributed by atoms with Crippen LogP contribution >= 0.6 is 15.9 Å². The van der Waals surface area contributed by atoms with E-state index in [9.17, 15) is 9.59 Å². The fourth-order valence-corrected chi connectivity index (χ4v) is 4.24. The molecular weight excluding hydrogens is 394 g/mol. The Bertz CT molecular complexity index is 1020. The van der Waals surface area contributed by atoms with E-state index in [0.717, 1.165) is 21.3 Å². The largest absolute Gasteiger partial charge is 0.466 e.